The Bertz CT molecular complexity index is 781. The predicted molar refractivity (Wildman–Crippen MR) is 98.0 cm³/mol. The first-order chi connectivity index (χ1) is 11.1. The number of benzene rings is 1. The third-order valence-corrected chi connectivity index (χ3v) is 5.89. The van der Waals surface area contributed by atoms with Gasteiger partial charge in [-0.3, -0.25) is 4.79 Å². The van der Waals surface area contributed by atoms with E-state index in [1.807, 2.05) is 41.8 Å². The van der Waals surface area contributed by atoms with Gasteiger partial charge in [0, 0.05) is 24.7 Å². The molecule has 23 heavy (non-hydrogen) atoms. The molecule has 1 unspecified atom stereocenters. The first kappa shape index (κ1) is 16.4. The molecule has 3 rings (SSSR count). The second-order valence-electron chi connectivity index (χ2n) is 4.91. The van der Waals surface area contributed by atoms with Gasteiger partial charge in [0.25, 0.3) is 5.91 Å². The summed E-state index contributed by atoms with van der Waals surface area (Å²) in [5.41, 5.74) is 0.628. The fourth-order valence-corrected chi connectivity index (χ4v) is 4.12. The minimum Gasteiger partial charge on any atom is -0.382 e. The molecule has 3 nitrogen and oxygen atoms in total. The van der Waals surface area contributed by atoms with E-state index < -0.39 is 6.10 Å². The Hall–Kier alpha value is -1.47. The Balaban J connectivity index is 1.61. The van der Waals surface area contributed by atoms with Crippen LogP contribution < -0.4 is 5.32 Å². The van der Waals surface area contributed by atoms with Crippen LogP contribution in [-0.2, 0) is 6.54 Å². The van der Waals surface area contributed by atoms with Crippen LogP contribution in [0.25, 0.3) is 0 Å². The van der Waals surface area contributed by atoms with Crippen molar-refractivity contribution in [1.82, 2.24) is 5.32 Å². The SMILES string of the molecule is O=C(NCc1ccc(C(O)c2cccs2)s1)c1ccc(Br)cc1. The number of carbonyl (C=O) groups excluding carboxylic acids is 1. The maximum Gasteiger partial charge on any atom is 0.251 e. The summed E-state index contributed by atoms with van der Waals surface area (Å²) in [6, 6.07) is 14.9. The summed E-state index contributed by atoms with van der Waals surface area (Å²) >= 11 is 6.40. The Morgan fingerprint density at radius 1 is 1.13 bits per heavy atom. The molecule has 1 amide bonds. The summed E-state index contributed by atoms with van der Waals surface area (Å²) < 4.78 is 0.944. The zero-order chi connectivity index (χ0) is 16.2. The van der Waals surface area contributed by atoms with Gasteiger partial charge in [-0.15, -0.1) is 22.7 Å². The van der Waals surface area contributed by atoms with Gasteiger partial charge < -0.3 is 10.4 Å². The van der Waals surface area contributed by atoms with Crippen molar-refractivity contribution >= 4 is 44.5 Å². The molecular weight excluding hydrogens is 394 g/mol. The number of nitrogens with one attached hydrogen (secondary N) is 1. The molecule has 3 aromatic rings. The molecule has 0 spiro atoms. The maximum absolute atomic E-state index is 12.1. The van der Waals surface area contributed by atoms with Gasteiger partial charge in [-0.05, 0) is 47.8 Å². The van der Waals surface area contributed by atoms with E-state index in [0.717, 1.165) is 19.1 Å². The number of aliphatic hydroxyl groups is 1. The molecule has 0 bridgehead atoms. The molecule has 0 aliphatic carbocycles. The van der Waals surface area contributed by atoms with E-state index in [4.69, 9.17) is 0 Å². The van der Waals surface area contributed by atoms with Gasteiger partial charge in [0.05, 0.1) is 6.54 Å². The summed E-state index contributed by atoms with van der Waals surface area (Å²) in [5, 5.41) is 15.2. The van der Waals surface area contributed by atoms with Crippen LogP contribution in [0.15, 0.2) is 58.4 Å². The van der Waals surface area contributed by atoms with Crippen LogP contribution in [0.5, 0.6) is 0 Å². The molecule has 6 heteroatoms. The van der Waals surface area contributed by atoms with Crippen molar-refractivity contribution < 1.29 is 9.90 Å². The van der Waals surface area contributed by atoms with E-state index in [9.17, 15) is 9.90 Å². The van der Waals surface area contributed by atoms with Crippen molar-refractivity contribution in [3.63, 3.8) is 0 Å². The highest BCUT2D eigenvalue weighted by atomic mass is 79.9. The molecule has 1 atom stereocenters. The first-order valence-corrected chi connectivity index (χ1v) is 9.46. The number of halogens is 1. The standard InChI is InChI=1S/C17H14BrNO2S2/c18-12-5-3-11(4-6-12)17(21)19-10-13-7-8-15(23-13)16(20)14-2-1-9-22-14/h1-9,16,20H,10H2,(H,19,21). The molecule has 0 aliphatic heterocycles. The van der Waals surface area contributed by atoms with E-state index >= 15 is 0 Å². The van der Waals surface area contributed by atoms with E-state index in [2.05, 4.69) is 21.2 Å². The molecule has 0 radical (unpaired) electrons. The van der Waals surface area contributed by atoms with E-state index in [1.165, 1.54) is 22.7 Å². The number of amides is 1. The smallest absolute Gasteiger partial charge is 0.251 e. The van der Waals surface area contributed by atoms with Gasteiger partial charge in [0.15, 0.2) is 0 Å². The molecule has 2 N–H and O–H groups in total. The highest BCUT2D eigenvalue weighted by molar-refractivity contribution is 9.10. The van der Waals surface area contributed by atoms with E-state index in [-0.39, 0.29) is 5.91 Å². The molecule has 2 aromatic heterocycles. The Morgan fingerprint density at radius 2 is 1.91 bits per heavy atom. The topological polar surface area (TPSA) is 49.3 Å². The summed E-state index contributed by atoms with van der Waals surface area (Å²) in [6.07, 6.45) is -0.587. The van der Waals surface area contributed by atoms with Crippen LogP contribution in [0.4, 0.5) is 0 Å². The zero-order valence-corrected chi connectivity index (χ0v) is 15.2. The lowest BCUT2D eigenvalue weighted by Crippen LogP contribution is -2.22. The molecular formula is C17H14BrNO2S2. The van der Waals surface area contributed by atoms with Crippen LogP contribution >= 0.6 is 38.6 Å². The van der Waals surface area contributed by atoms with Crippen molar-refractivity contribution in [2.45, 2.75) is 12.6 Å². The van der Waals surface area contributed by atoms with Gasteiger partial charge in [-0.25, -0.2) is 0 Å². The quantitative estimate of drug-likeness (QED) is 0.649. The lowest BCUT2D eigenvalue weighted by molar-refractivity contribution is 0.0951. The lowest BCUT2D eigenvalue weighted by atomic mass is 10.2. The number of rotatable bonds is 5. The second kappa shape index (κ2) is 7.40. The van der Waals surface area contributed by atoms with E-state index in [1.54, 1.807) is 12.1 Å². The fraction of sp³-hybridized carbons (Fsp3) is 0.118. The summed E-state index contributed by atoms with van der Waals surface area (Å²) in [7, 11) is 0. The Kier molecular flexibility index (Phi) is 5.27. The largest absolute Gasteiger partial charge is 0.382 e. The van der Waals surface area contributed by atoms with Crippen molar-refractivity contribution in [3.05, 3.63) is 78.6 Å². The van der Waals surface area contributed by atoms with E-state index in [0.29, 0.717) is 12.1 Å². The molecule has 0 aliphatic rings. The van der Waals surface area contributed by atoms with Gasteiger partial charge >= 0.3 is 0 Å². The van der Waals surface area contributed by atoms with Crippen molar-refractivity contribution in [2.75, 3.05) is 0 Å². The van der Waals surface area contributed by atoms with Crippen LogP contribution in [0, 0.1) is 0 Å². The third-order valence-electron chi connectivity index (χ3n) is 3.29. The van der Waals surface area contributed by atoms with Crippen LogP contribution in [0.3, 0.4) is 0 Å². The molecule has 0 fully saturated rings. The predicted octanol–water partition coefficient (Wildman–Crippen LogP) is 4.58. The lowest BCUT2D eigenvalue weighted by Gasteiger charge is -2.05. The van der Waals surface area contributed by atoms with Crippen molar-refractivity contribution in [1.29, 1.82) is 0 Å². The molecule has 118 valence electrons. The molecule has 2 heterocycles. The summed E-state index contributed by atoms with van der Waals surface area (Å²) in [5.74, 6) is -0.105. The van der Waals surface area contributed by atoms with Crippen LogP contribution in [0.1, 0.15) is 31.1 Å². The average molecular weight is 408 g/mol. The Morgan fingerprint density at radius 3 is 2.61 bits per heavy atom. The minimum atomic E-state index is -0.587. The van der Waals surface area contributed by atoms with Gasteiger partial charge in [0.1, 0.15) is 6.10 Å². The first-order valence-electron chi connectivity index (χ1n) is 6.97. The number of aliphatic hydroxyl groups excluding tert-OH is 1. The average Bonchev–Trinajstić information content (AvgIpc) is 3.24. The summed E-state index contributed by atoms with van der Waals surface area (Å²) in [4.78, 5) is 14.9. The van der Waals surface area contributed by atoms with Crippen LogP contribution in [-0.4, -0.2) is 11.0 Å². The molecule has 0 saturated heterocycles. The van der Waals surface area contributed by atoms with Crippen molar-refractivity contribution in [3.8, 4) is 0 Å². The molecule has 0 saturated carbocycles. The Labute approximate surface area is 150 Å². The minimum absolute atomic E-state index is 0.105. The number of hydrogen-bond donors (Lipinski definition) is 2. The van der Waals surface area contributed by atoms with Crippen molar-refractivity contribution in [2.24, 2.45) is 0 Å². The van der Waals surface area contributed by atoms with Gasteiger partial charge in [-0.1, -0.05) is 22.0 Å². The normalized spacial score (nSPS) is 12.1. The van der Waals surface area contributed by atoms with Gasteiger partial charge in [0.2, 0.25) is 0 Å². The second-order valence-corrected chi connectivity index (χ2v) is 8.01. The number of thiophene rings is 2. The number of hydrogen-bond acceptors (Lipinski definition) is 4. The zero-order valence-electron chi connectivity index (χ0n) is 12.0. The summed E-state index contributed by atoms with van der Waals surface area (Å²) in [6.45, 7) is 0.455. The highest BCUT2D eigenvalue weighted by Gasteiger charge is 2.14. The van der Waals surface area contributed by atoms with Crippen LogP contribution in [0.2, 0.25) is 0 Å². The number of carbonyl (C=O) groups is 1. The maximum atomic E-state index is 12.1. The molecule has 1 aromatic carbocycles. The highest BCUT2D eigenvalue weighted by Crippen LogP contribution is 2.30. The van der Waals surface area contributed by atoms with Gasteiger partial charge in [-0.2, -0.15) is 0 Å². The fourth-order valence-electron chi connectivity index (χ4n) is 2.09. The third kappa shape index (κ3) is 4.09. The monoisotopic (exact) mass is 407 g/mol.